The van der Waals surface area contributed by atoms with E-state index in [-0.39, 0.29) is 10.8 Å². The minimum atomic E-state index is -0.266. The van der Waals surface area contributed by atoms with Crippen molar-refractivity contribution in [2.24, 2.45) is 0 Å². The van der Waals surface area contributed by atoms with Crippen LogP contribution in [0.25, 0.3) is 22.1 Å². The highest BCUT2D eigenvalue weighted by atomic mass is 32.1. The molecule has 0 aliphatic rings. The monoisotopic (exact) mass is 366 g/mol. The first-order chi connectivity index (χ1) is 12.3. The Morgan fingerprint density at radius 1 is 0.962 bits per heavy atom. The number of fused-ring (bicyclic) bond motifs is 2. The maximum absolute atomic E-state index is 5.83. The molecule has 0 N–H and O–H groups in total. The standard InChI is InChI=1S/C20H22N4OS/c1-19(2,3)18-16-14(11-26-18)23-9-12(24-16)8-20(4,5)17-15-13(10-25-17)21-6-7-22-15/h6-7,9-11H,8H2,1-5H3. The molecule has 5 nitrogen and oxygen atoms in total. The van der Waals surface area contributed by atoms with Crippen LogP contribution in [-0.4, -0.2) is 19.9 Å². The van der Waals surface area contributed by atoms with Gasteiger partial charge in [0.2, 0.25) is 0 Å². The third-order valence-electron chi connectivity index (χ3n) is 4.50. The summed E-state index contributed by atoms with van der Waals surface area (Å²) in [6.07, 6.45) is 7.64. The zero-order chi connectivity index (χ0) is 18.5. The van der Waals surface area contributed by atoms with Gasteiger partial charge in [0.1, 0.15) is 28.6 Å². The zero-order valence-corrected chi connectivity index (χ0v) is 16.5. The summed E-state index contributed by atoms with van der Waals surface area (Å²) in [4.78, 5) is 19.6. The van der Waals surface area contributed by atoms with Crippen molar-refractivity contribution >= 4 is 33.4 Å². The summed E-state index contributed by atoms with van der Waals surface area (Å²) in [5.41, 5.74) is 4.33. The van der Waals surface area contributed by atoms with E-state index in [2.05, 4.69) is 55.0 Å². The smallest absolute Gasteiger partial charge is 0.137 e. The lowest BCUT2D eigenvalue weighted by Gasteiger charge is -2.22. The van der Waals surface area contributed by atoms with Gasteiger partial charge in [0.25, 0.3) is 0 Å². The maximum atomic E-state index is 5.83. The Balaban J connectivity index is 1.74. The average Bonchev–Trinajstić information content (AvgIpc) is 3.18. The lowest BCUT2D eigenvalue weighted by molar-refractivity contribution is 0.384. The lowest BCUT2D eigenvalue weighted by Crippen LogP contribution is -2.21. The van der Waals surface area contributed by atoms with Crippen molar-refractivity contribution in [3.63, 3.8) is 0 Å². The second kappa shape index (κ2) is 5.84. The van der Waals surface area contributed by atoms with Crippen molar-refractivity contribution in [3.8, 4) is 0 Å². The molecule has 0 fully saturated rings. The molecule has 0 aliphatic heterocycles. The highest BCUT2D eigenvalue weighted by Crippen LogP contribution is 2.36. The van der Waals surface area contributed by atoms with E-state index < -0.39 is 0 Å². The topological polar surface area (TPSA) is 64.7 Å². The van der Waals surface area contributed by atoms with Crippen LogP contribution in [0.5, 0.6) is 0 Å². The highest BCUT2D eigenvalue weighted by Gasteiger charge is 2.29. The Labute approximate surface area is 156 Å². The first-order valence-electron chi connectivity index (χ1n) is 8.68. The first kappa shape index (κ1) is 17.1. The van der Waals surface area contributed by atoms with E-state index in [9.17, 15) is 0 Å². The Morgan fingerprint density at radius 2 is 1.73 bits per heavy atom. The van der Waals surface area contributed by atoms with Gasteiger partial charge < -0.3 is 4.42 Å². The largest absolute Gasteiger partial charge is 0.464 e. The number of aromatic nitrogens is 4. The number of hydrogen-bond acceptors (Lipinski definition) is 6. The second-order valence-electron chi connectivity index (χ2n) is 8.33. The van der Waals surface area contributed by atoms with E-state index >= 15 is 0 Å². The fraction of sp³-hybridized carbons (Fsp3) is 0.400. The fourth-order valence-corrected chi connectivity index (χ4v) is 4.29. The lowest BCUT2D eigenvalue weighted by atomic mass is 9.84. The van der Waals surface area contributed by atoms with Gasteiger partial charge >= 0.3 is 0 Å². The zero-order valence-electron chi connectivity index (χ0n) is 15.7. The van der Waals surface area contributed by atoms with Gasteiger partial charge in [-0.05, 0) is 5.41 Å². The molecule has 134 valence electrons. The third kappa shape index (κ3) is 2.88. The molecule has 0 amide bonds. The fourth-order valence-electron chi connectivity index (χ4n) is 3.27. The quantitative estimate of drug-likeness (QED) is 0.508. The van der Waals surface area contributed by atoms with Crippen LogP contribution in [0, 0.1) is 0 Å². The number of nitrogens with zero attached hydrogens (tertiary/aromatic N) is 4. The first-order valence-corrected chi connectivity index (χ1v) is 9.56. The van der Waals surface area contributed by atoms with Gasteiger partial charge in [-0.15, -0.1) is 11.3 Å². The van der Waals surface area contributed by atoms with Crippen molar-refractivity contribution in [2.75, 3.05) is 0 Å². The van der Waals surface area contributed by atoms with Gasteiger partial charge in [0.05, 0.1) is 11.2 Å². The van der Waals surface area contributed by atoms with Crippen LogP contribution in [0.3, 0.4) is 0 Å². The SMILES string of the molecule is CC(C)(C)c1scc2ncc(CC(C)(C)c3occ4nccnc34)nc12. The van der Waals surface area contributed by atoms with Gasteiger partial charge in [-0.3, -0.25) is 4.98 Å². The Kier molecular flexibility index (Phi) is 3.84. The summed E-state index contributed by atoms with van der Waals surface area (Å²) in [6.45, 7) is 10.9. The summed E-state index contributed by atoms with van der Waals surface area (Å²) in [7, 11) is 0. The molecule has 4 rings (SSSR count). The van der Waals surface area contributed by atoms with Crippen molar-refractivity contribution in [2.45, 2.75) is 51.9 Å². The van der Waals surface area contributed by atoms with E-state index in [0.29, 0.717) is 6.42 Å². The molecule has 0 bridgehead atoms. The Hall–Kier alpha value is -2.34. The molecule has 0 unspecified atom stereocenters. The van der Waals surface area contributed by atoms with Crippen molar-refractivity contribution < 1.29 is 4.42 Å². The molecule has 6 heteroatoms. The molecular formula is C20H22N4OS. The van der Waals surface area contributed by atoms with Crippen LogP contribution < -0.4 is 0 Å². The van der Waals surface area contributed by atoms with Gasteiger partial charge in [0, 0.05) is 40.7 Å². The molecule has 4 heterocycles. The van der Waals surface area contributed by atoms with Crippen LogP contribution in [-0.2, 0) is 17.3 Å². The number of hydrogen-bond donors (Lipinski definition) is 0. The van der Waals surface area contributed by atoms with Crippen molar-refractivity contribution in [1.82, 2.24) is 19.9 Å². The predicted octanol–water partition coefficient (Wildman–Crippen LogP) is 5.05. The summed E-state index contributed by atoms with van der Waals surface area (Å²) in [5.74, 6) is 0.837. The number of rotatable bonds is 3. The van der Waals surface area contributed by atoms with Crippen LogP contribution in [0.4, 0.5) is 0 Å². The number of furan rings is 1. The average molecular weight is 366 g/mol. The second-order valence-corrected chi connectivity index (χ2v) is 9.21. The molecule has 0 atom stereocenters. The predicted molar refractivity (Wildman–Crippen MR) is 105 cm³/mol. The van der Waals surface area contributed by atoms with Gasteiger partial charge in [-0.1, -0.05) is 34.6 Å². The van der Waals surface area contributed by atoms with Crippen LogP contribution in [0.2, 0.25) is 0 Å². The van der Waals surface area contributed by atoms with Crippen LogP contribution in [0.1, 0.15) is 51.0 Å². The highest BCUT2D eigenvalue weighted by molar-refractivity contribution is 7.11. The van der Waals surface area contributed by atoms with Crippen molar-refractivity contribution in [1.29, 1.82) is 0 Å². The van der Waals surface area contributed by atoms with E-state index in [1.54, 1.807) is 30.0 Å². The van der Waals surface area contributed by atoms with E-state index in [4.69, 9.17) is 9.40 Å². The Morgan fingerprint density at radius 3 is 2.50 bits per heavy atom. The summed E-state index contributed by atoms with van der Waals surface area (Å²) in [6, 6.07) is 0. The number of thiophene rings is 1. The molecule has 0 spiro atoms. The minimum Gasteiger partial charge on any atom is -0.464 e. The summed E-state index contributed by atoms with van der Waals surface area (Å²) in [5, 5.41) is 2.09. The third-order valence-corrected chi connectivity index (χ3v) is 5.89. The van der Waals surface area contributed by atoms with Gasteiger partial charge in [0.15, 0.2) is 0 Å². The molecule has 0 aliphatic carbocycles. The maximum Gasteiger partial charge on any atom is 0.137 e. The molecule has 0 radical (unpaired) electrons. The summed E-state index contributed by atoms with van der Waals surface area (Å²) < 4.78 is 5.83. The molecule has 0 saturated heterocycles. The van der Waals surface area contributed by atoms with Gasteiger partial charge in [-0.2, -0.15) is 0 Å². The van der Waals surface area contributed by atoms with E-state index in [1.807, 2.05) is 6.20 Å². The minimum absolute atomic E-state index is 0.0576. The van der Waals surface area contributed by atoms with Gasteiger partial charge in [-0.25, -0.2) is 15.0 Å². The molecule has 4 aromatic rings. The normalized spacial score (nSPS) is 13.0. The van der Waals surface area contributed by atoms with Crippen LogP contribution in [0.15, 0.2) is 34.7 Å². The van der Waals surface area contributed by atoms with Crippen LogP contribution >= 0.6 is 11.3 Å². The van der Waals surface area contributed by atoms with Crippen molar-refractivity contribution in [3.05, 3.63) is 46.6 Å². The molecule has 0 saturated carbocycles. The molecule has 4 aromatic heterocycles. The molecule has 26 heavy (non-hydrogen) atoms. The summed E-state index contributed by atoms with van der Waals surface area (Å²) >= 11 is 1.73. The van der Waals surface area contributed by atoms with E-state index in [1.165, 1.54) is 4.88 Å². The molecular weight excluding hydrogens is 344 g/mol. The molecule has 0 aromatic carbocycles. The van der Waals surface area contributed by atoms with E-state index in [0.717, 1.165) is 33.5 Å². The Bertz CT molecular complexity index is 1090.